The number of benzene rings is 1. The van der Waals surface area contributed by atoms with E-state index < -0.39 is 0 Å². The Kier molecular flexibility index (Phi) is 4.27. The highest BCUT2D eigenvalue weighted by atomic mass is 35.5. The third kappa shape index (κ3) is 4.44. The van der Waals surface area contributed by atoms with Crippen LogP contribution in [0.1, 0.15) is 18.4 Å². The fraction of sp³-hybridized carbons (Fsp3) is 0.385. The number of anilines is 1. The smallest absolute Gasteiger partial charge is 0.315 e. The molecule has 1 aliphatic rings. The van der Waals surface area contributed by atoms with Crippen LogP contribution in [0.4, 0.5) is 10.5 Å². The van der Waals surface area contributed by atoms with Gasteiger partial charge in [-0.05, 0) is 43.5 Å². The van der Waals surface area contributed by atoms with Crippen molar-refractivity contribution in [2.24, 2.45) is 0 Å². The Hall–Kier alpha value is -1.75. The van der Waals surface area contributed by atoms with Crippen LogP contribution in [0.25, 0.3) is 0 Å². The number of hydrogen-bond acceptors (Lipinski definition) is 2. The highest BCUT2D eigenvalue weighted by molar-refractivity contribution is 6.30. The average molecular weight is 282 g/mol. The summed E-state index contributed by atoms with van der Waals surface area (Å²) in [6, 6.07) is 5.19. The molecule has 19 heavy (non-hydrogen) atoms. The SMILES string of the molecule is Cc1cc(Cl)ccc1NC(=O)CNC(=O)NC1CC1. The molecule has 1 aromatic rings. The van der Waals surface area contributed by atoms with E-state index in [0.29, 0.717) is 10.7 Å². The van der Waals surface area contributed by atoms with Gasteiger partial charge in [-0.1, -0.05) is 11.6 Å². The first-order valence-electron chi connectivity index (χ1n) is 6.15. The van der Waals surface area contributed by atoms with Crippen molar-refractivity contribution in [1.29, 1.82) is 0 Å². The predicted molar refractivity (Wildman–Crippen MR) is 74.4 cm³/mol. The van der Waals surface area contributed by atoms with E-state index in [4.69, 9.17) is 11.6 Å². The topological polar surface area (TPSA) is 70.2 Å². The Bertz CT molecular complexity index is 501. The molecule has 0 heterocycles. The highest BCUT2D eigenvalue weighted by Gasteiger charge is 2.23. The number of halogens is 1. The summed E-state index contributed by atoms with van der Waals surface area (Å²) in [5.74, 6) is -0.267. The summed E-state index contributed by atoms with van der Waals surface area (Å²) in [5, 5.41) is 8.61. The maximum absolute atomic E-state index is 11.7. The molecule has 2 rings (SSSR count). The number of carbonyl (C=O) groups excluding carboxylic acids is 2. The lowest BCUT2D eigenvalue weighted by Gasteiger charge is -2.10. The maximum atomic E-state index is 11.7. The summed E-state index contributed by atoms with van der Waals surface area (Å²) < 4.78 is 0. The molecule has 5 nitrogen and oxygen atoms in total. The van der Waals surface area contributed by atoms with Crippen LogP contribution >= 0.6 is 11.6 Å². The minimum absolute atomic E-state index is 0.0549. The second-order valence-corrected chi connectivity index (χ2v) is 5.05. The Labute approximate surface area is 116 Å². The van der Waals surface area contributed by atoms with Gasteiger partial charge in [0.2, 0.25) is 5.91 Å². The lowest BCUT2D eigenvalue weighted by atomic mass is 10.2. The lowest BCUT2D eigenvalue weighted by Crippen LogP contribution is -2.40. The minimum atomic E-state index is -0.300. The molecular formula is C13H16ClN3O2. The van der Waals surface area contributed by atoms with E-state index in [1.165, 1.54) is 0 Å². The van der Waals surface area contributed by atoms with Crippen molar-refractivity contribution in [3.8, 4) is 0 Å². The number of nitrogens with one attached hydrogen (secondary N) is 3. The monoisotopic (exact) mass is 281 g/mol. The van der Waals surface area contributed by atoms with Gasteiger partial charge in [0, 0.05) is 16.8 Å². The third-order valence-corrected chi connectivity index (χ3v) is 3.02. The van der Waals surface area contributed by atoms with Crippen LogP contribution in [0, 0.1) is 6.92 Å². The molecule has 1 saturated carbocycles. The molecule has 0 bridgehead atoms. The first-order chi connectivity index (χ1) is 9.04. The molecule has 6 heteroatoms. The van der Waals surface area contributed by atoms with E-state index in [9.17, 15) is 9.59 Å². The molecule has 1 aromatic carbocycles. The van der Waals surface area contributed by atoms with Crippen LogP contribution in [0.5, 0.6) is 0 Å². The van der Waals surface area contributed by atoms with Crippen molar-refractivity contribution in [3.05, 3.63) is 28.8 Å². The van der Waals surface area contributed by atoms with E-state index in [0.717, 1.165) is 18.4 Å². The van der Waals surface area contributed by atoms with Crippen molar-refractivity contribution >= 4 is 29.2 Å². The summed E-state index contributed by atoms with van der Waals surface area (Å²) in [7, 11) is 0. The fourth-order valence-electron chi connectivity index (χ4n) is 1.59. The molecule has 0 aromatic heterocycles. The first kappa shape index (κ1) is 13.7. The zero-order chi connectivity index (χ0) is 13.8. The molecule has 0 aliphatic heterocycles. The van der Waals surface area contributed by atoms with E-state index in [-0.39, 0.29) is 24.5 Å². The summed E-state index contributed by atoms with van der Waals surface area (Å²) in [6.45, 7) is 1.80. The molecule has 0 atom stereocenters. The van der Waals surface area contributed by atoms with Gasteiger partial charge in [-0.25, -0.2) is 4.79 Å². The van der Waals surface area contributed by atoms with Gasteiger partial charge in [-0.3, -0.25) is 4.79 Å². The molecule has 0 unspecified atom stereocenters. The van der Waals surface area contributed by atoms with Crippen molar-refractivity contribution in [2.75, 3.05) is 11.9 Å². The van der Waals surface area contributed by atoms with E-state index in [1.54, 1.807) is 18.2 Å². The molecule has 0 saturated heterocycles. The molecule has 102 valence electrons. The van der Waals surface area contributed by atoms with Gasteiger partial charge in [0.05, 0.1) is 6.54 Å². The standard InChI is InChI=1S/C13H16ClN3O2/c1-8-6-9(14)2-5-11(8)17-12(18)7-15-13(19)16-10-3-4-10/h2,5-6,10H,3-4,7H2,1H3,(H,17,18)(H2,15,16,19). The number of amides is 3. The van der Waals surface area contributed by atoms with Crippen molar-refractivity contribution in [2.45, 2.75) is 25.8 Å². The van der Waals surface area contributed by atoms with Gasteiger partial charge in [-0.15, -0.1) is 0 Å². The summed E-state index contributed by atoms with van der Waals surface area (Å²) in [5.41, 5.74) is 1.57. The molecule has 1 aliphatic carbocycles. The normalized spacial score (nSPS) is 13.8. The zero-order valence-corrected chi connectivity index (χ0v) is 11.4. The van der Waals surface area contributed by atoms with Crippen molar-refractivity contribution in [1.82, 2.24) is 10.6 Å². The highest BCUT2D eigenvalue weighted by Crippen LogP contribution is 2.19. The van der Waals surface area contributed by atoms with Crippen LogP contribution in [-0.2, 0) is 4.79 Å². The summed E-state index contributed by atoms with van der Waals surface area (Å²) >= 11 is 5.83. The Morgan fingerprint density at radius 3 is 2.74 bits per heavy atom. The number of urea groups is 1. The quantitative estimate of drug-likeness (QED) is 0.790. The minimum Gasteiger partial charge on any atom is -0.335 e. The number of carbonyl (C=O) groups is 2. The molecule has 0 radical (unpaired) electrons. The molecule has 0 spiro atoms. The van der Waals surface area contributed by atoms with Gasteiger partial charge in [0.1, 0.15) is 0 Å². The van der Waals surface area contributed by atoms with Crippen LogP contribution < -0.4 is 16.0 Å². The van der Waals surface area contributed by atoms with Crippen LogP contribution in [-0.4, -0.2) is 24.5 Å². The van der Waals surface area contributed by atoms with Gasteiger partial charge < -0.3 is 16.0 Å². The second kappa shape index (κ2) is 5.93. The van der Waals surface area contributed by atoms with Crippen LogP contribution in [0.2, 0.25) is 5.02 Å². The van der Waals surface area contributed by atoms with E-state index in [2.05, 4.69) is 16.0 Å². The number of hydrogen-bond donors (Lipinski definition) is 3. The zero-order valence-electron chi connectivity index (χ0n) is 10.6. The lowest BCUT2D eigenvalue weighted by molar-refractivity contribution is -0.115. The van der Waals surface area contributed by atoms with E-state index in [1.807, 2.05) is 6.92 Å². The predicted octanol–water partition coefficient (Wildman–Crippen LogP) is 2.05. The second-order valence-electron chi connectivity index (χ2n) is 4.61. The van der Waals surface area contributed by atoms with Gasteiger partial charge in [0.25, 0.3) is 0 Å². The Morgan fingerprint density at radius 2 is 2.11 bits per heavy atom. The maximum Gasteiger partial charge on any atom is 0.315 e. The molecule has 1 fully saturated rings. The van der Waals surface area contributed by atoms with Crippen LogP contribution in [0.15, 0.2) is 18.2 Å². The van der Waals surface area contributed by atoms with E-state index >= 15 is 0 Å². The summed E-state index contributed by atoms with van der Waals surface area (Å²) in [6.07, 6.45) is 2.03. The van der Waals surface area contributed by atoms with Crippen molar-refractivity contribution < 1.29 is 9.59 Å². The van der Waals surface area contributed by atoms with Crippen LogP contribution in [0.3, 0.4) is 0 Å². The van der Waals surface area contributed by atoms with Crippen molar-refractivity contribution in [3.63, 3.8) is 0 Å². The Balaban J connectivity index is 1.78. The molecular weight excluding hydrogens is 266 g/mol. The average Bonchev–Trinajstić information content (AvgIpc) is 3.14. The Morgan fingerprint density at radius 1 is 1.37 bits per heavy atom. The number of rotatable bonds is 4. The first-order valence-corrected chi connectivity index (χ1v) is 6.53. The molecule has 3 amide bonds. The molecule has 3 N–H and O–H groups in total. The van der Waals surface area contributed by atoms with Gasteiger partial charge in [0.15, 0.2) is 0 Å². The van der Waals surface area contributed by atoms with Gasteiger partial charge >= 0.3 is 6.03 Å². The summed E-state index contributed by atoms with van der Waals surface area (Å²) in [4.78, 5) is 23.0. The van der Waals surface area contributed by atoms with Gasteiger partial charge in [-0.2, -0.15) is 0 Å². The fourth-order valence-corrected chi connectivity index (χ4v) is 1.81. The third-order valence-electron chi connectivity index (χ3n) is 2.78. The number of aryl methyl sites for hydroxylation is 1. The largest absolute Gasteiger partial charge is 0.335 e.